The lowest BCUT2D eigenvalue weighted by molar-refractivity contribution is 0.416. The first-order valence-electron chi connectivity index (χ1n) is 8.34. The van der Waals surface area contributed by atoms with E-state index in [1.165, 1.54) is 0 Å². The van der Waals surface area contributed by atoms with Gasteiger partial charge >= 0.3 is 0 Å². The minimum absolute atomic E-state index is 0.290. The van der Waals surface area contributed by atoms with Crippen molar-refractivity contribution in [1.82, 2.24) is 4.98 Å². The van der Waals surface area contributed by atoms with Gasteiger partial charge in [0.2, 0.25) is 10.0 Å². The van der Waals surface area contributed by atoms with Crippen LogP contribution >= 0.6 is 0 Å². The Balaban J connectivity index is 2.31. The first kappa shape index (κ1) is 18.2. The molecule has 0 aliphatic rings. The zero-order valence-electron chi connectivity index (χ0n) is 15.3. The summed E-state index contributed by atoms with van der Waals surface area (Å²) in [5.74, 6) is 1.34. The average molecular weight is 370 g/mol. The number of fused-ring (bicyclic) bond motifs is 1. The molecule has 0 saturated carbocycles. The van der Waals surface area contributed by atoms with Crippen LogP contribution < -0.4 is 9.46 Å². The monoisotopic (exact) mass is 370 g/mol. The van der Waals surface area contributed by atoms with Crippen molar-refractivity contribution < 1.29 is 13.2 Å². The number of nitrogens with one attached hydrogen (secondary N) is 1. The molecular weight excluding hydrogens is 348 g/mol. The number of sulfonamides is 1. The fourth-order valence-electron chi connectivity index (χ4n) is 2.92. The Morgan fingerprint density at radius 3 is 2.46 bits per heavy atom. The van der Waals surface area contributed by atoms with Crippen molar-refractivity contribution in [3.63, 3.8) is 0 Å². The van der Waals surface area contributed by atoms with E-state index >= 15 is 0 Å². The molecule has 1 N–H and O–H groups in total. The Labute approximate surface area is 154 Å². The highest BCUT2D eigenvalue weighted by Gasteiger charge is 2.15. The molecular formula is C20H22N2O3S. The number of ether oxygens (including phenoxy) is 1. The molecule has 0 atom stereocenters. The molecule has 1 aromatic heterocycles. The molecule has 3 aromatic rings. The van der Waals surface area contributed by atoms with Gasteiger partial charge in [0.05, 0.1) is 19.1 Å². The van der Waals surface area contributed by atoms with Crippen LogP contribution in [0, 0.1) is 0 Å². The molecule has 0 saturated heterocycles. The van der Waals surface area contributed by atoms with Crippen molar-refractivity contribution in [2.45, 2.75) is 19.8 Å². The van der Waals surface area contributed by atoms with Gasteiger partial charge in [-0.05, 0) is 35.1 Å². The van der Waals surface area contributed by atoms with E-state index in [-0.39, 0.29) is 0 Å². The highest BCUT2D eigenvalue weighted by atomic mass is 32.2. The van der Waals surface area contributed by atoms with Crippen LogP contribution in [0.1, 0.15) is 25.3 Å². The van der Waals surface area contributed by atoms with Crippen molar-refractivity contribution in [2.24, 2.45) is 0 Å². The Kier molecular flexibility index (Phi) is 4.87. The summed E-state index contributed by atoms with van der Waals surface area (Å²) in [6.07, 6.45) is 1.11. The molecule has 0 unspecified atom stereocenters. The number of methoxy groups -OCH3 is 1. The topological polar surface area (TPSA) is 68.3 Å². The molecule has 0 aliphatic carbocycles. The molecule has 2 aromatic carbocycles. The van der Waals surface area contributed by atoms with Crippen LogP contribution in [0.2, 0.25) is 0 Å². The summed E-state index contributed by atoms with van der Waals surface area (Å²) in [4.78, 5) is 4.60. The Hall–Kier alpha value is -2.60. The number of hydrogen-bond donors (Lipinski definition) is 1. The number of benzene rings is 2. The van der Waals surface area contributed by atoms with Crippen LogP contribution in [0.4, 0.5) is 5.82 Å². The SMILES string of the molecule is COc1ccc(C(C)C)cc1-c1nc(NS(C)(=O)=O)cc2ccccc12. The fraction of sp³-hybridized carbons (Fsp3) is 0.250. The first-order valence-corrected chi connectivity index (χ1v) is 10.2. The fourth-order valence-corrected chi connectivity index (χ4v) is 3.40. The van der Waals surface area contributed by atoms with E-state index in [4.69, 9.17) is 4.74 Å². The minimum atomic E-state index is -3.43. The Bertz CT molecular complexity index is 1060. The molecule has 6 heteroatoms. The zero-order chi connectivity index (χ0) is 18.9. The maximum atomic E-state index is 11.7. The lowest BCUT2D eigenvalue weighted by Gasteiger charge is -2.15. The lowest BCUT2D eigenvalue weighted by Crippen LogP contribution is -2.11. The molecule has 3 rings (SSSR count). The molecule has 26 heavy (non-hydrogen) atoms. The van der Waals surface area contributed by atoms with E-state index in [2.05, 4.69) is 29.6 Å². The second-order valence-corrected chi connectivity index (χ2v) is 8.31. The van der Waals surface area contributed by atoms with Crippen LogP contribution in [0.3, 0.4) is 0 Å². The summed E-state index contributed by atoms with van der Waals surface area (Å²) in [7, 11) is -1.81. The van der Waals surface area contributed by atoms with Gasteiger partial charge in [-0.1, -0.05) is 44.2 Å². The summed E-state index contributed by atoms with van der Waals surface area (Å²) < 4.78 is 31.4. The molecule has 0 spiro atoms. The molecule has 136 valence electrons. The summed E-state index contributed by atoms with van der Waals surface area (Å²) in [5.41, 5.74) is 2.69. The third-order valence-corrected chi connectivity index (χ3v) is 4.76. The van der Waals surface area contributed by atoms with E-state index in [0.29, 0.717) is 23.2 Å². The van der Waals surface area contributed by atoms with Crippen molar-refractivity contribution in [1.29, 1.82) is 0 Å². The van der Waals surface area contributed by atoms with E-state index in [0.717, 1.165) is 28.2 Å². The van der Waals surface area contributed by atoms with Crippen LogP contribution in [-0.4, -0.2) is 26.8 Å². The number of aromatic nitrogens is 1. The van der Waals surface area contributed by atoms with Gasteiger partial charge in [0, 0.05) is 10.9 Å². The van der Waals surface area contributed by atoms with Gasteiger partial charge in [0.1, 0.15) is 11.6 Å². The van der Waals surface area contributed by atoms with Crippen LogP contribution in [0.5, 0.6) is 5.75 Å². The summed E-state index contributed by atoms with van der Waals surface area (Å²) in [6, 6.07) is 15.5. The average Bonchev–Trinajstić information content (AvgIpc) is 2.59. The summed E-state index contributed by atoms with van der Waals surface area (Å²) >= 11 is 0. The largest absolute Gasteiger partial charge is 0.496 e. The third-order valence-electron chi connectivity index (χ3n) is 4.18. The van der Waals surface area contributed by atoms with Gasteiger partial charge < -0.3 is 4.74 Å². The second kappa shape index (κ2) is 6.96. The smallest absolute Gasteiger partial charge is 0.230 e. The number of pyridine rings is 1. The molecule has 1 heterocycles. The van der Waals surface area contributed by atoms with Crippen molar-refractivity contribution in [3.8, 4) is 17.0 Å². The van der Waals surface area contributed by atoms with Gasteiger partial charge in [-0.3, -0.25) is 4.72 Å². The minimum Gasteiger partial charge on any atom is -0.496 e. The molecule has 0 amide bonds. The van der Waals surface area contributed by atoms with E-state index < -0.39 is 10.0 Å². The van der Waals surface area contributed by atoms with Gasteiger partial charge in [-0.15, -0.1) is 0 Å². The van der Waals surface area contributed by atoms with Gasteiger partial charge in [-0.2, -0.15) is 0 Å². The van der Waals surface area contributed by atoms with E-state index in [1.54, 1.807) is 13.2 Å². The zero-order valence-corrected chi connectivity index (χ0v) is 16.1. The van der Waals surface area contributed by atoms with Crippen LogP contribution in [0.25, 0.3) is 22.0 Å². The van der Waals surface area contributed by atoms with Crippen molar-refractivity contribution in [3.05, 3.63) is 54.1 Å². The van der Waals surface area contributed by atoms with Gasteiger partial charge in [0.15, 0.2) is 0 Å². The van der Waals surface area contributed by atoms with Crippen molar-refractivity contribution in [2.75, 3.05) is 18.1 Å². The van der Waals surface area contributed by atoms with E-state index in [9.17, 15) is 8.42 Å². The second-order valence-electron chi connectivity index (χ2n) is 6.57. The highest BCUT2D eigenvalue weighted by Crippen LogP contribution is 2.37. The molecule has 0 fully saturated rings. The number of rotatable bonds is 5. The number of nitrogens with zero attached hydrogens (tertiary/aromatic N) is 1. The predicted molar refractivity (Wildman–Crippen MR) is 106 cm³/mol. The molecule has 0 radical (unpaired) electrons. The van der Waals surface area contributed by atoms with Gasteiger partial charge in [-0.25, -0.2) is 13.4 Å². The van der Waals surface area contributed by atoms with Crippen LogP contribution in [-0.2, 0) is 10.0 Å². The summed E-state index contributed by atoms with van der Waals surface area (Å²) in [5, 5.41) is 1.84. The lowest BCUT2D eigenvalue weighted by atomic mass is 9.96. The Morgan fingerprint density at radius 1 is 1.08 bits per heavy atom. The van der Waals surface area contributed by atoms with Crippen molar-refractivity contribution >= 4 is 26.6 Å². The molecule has 0 bridgehead atoms. The standard InChI is InChI=1S/C20H22N2O3S/c1-13(2)14-9-10-18(25-3)17(11-14)20-16-8-6-5-7-15(16)12-19(21-20)22-26(4,23)24/h5-13H,1-4H3,(H,21,22). The van der Waals surface area contributed by atoms with Gasteiger partial charge in [0.25, 0.3) is 0 Å². The Morgan fingerprint density at radius 2 is 1.81 bits per heavy atom. The maximum absolute atomic E-state index is 11.7. The van der Waals surface area contributed by atoms with E-state index in [1.807, 2.05) is 36.4 Å². The molecule has 5 nitrogen and oxygen atoms in total. The maximum Gasteiger partial charge on any atom is 0.230 e. The summed E-state index contributed by atoms with van der Waals surface area (Å²) in [6.45, 7) is 4.25. The number of anilines is 1. The quantitative estimate of drug-likeness (QED) is 0.722. The third kappa shape index (κ3) is 3.80. The number of hydrogen-bond acceptors (Lipinski definition) is 4. The predicted octanol–water partition coefficient (Wildman–Crippen LogP) is 4.41. The highest BCUT2D eigenvalue weighted by molar-refractivity contribution is 7.92. The normalized spacial score (nSPS) is 11.7. The van der Waals surface area contributed by atoms with Crippen LogP contribution in [0.15, 0.2) is 48.5 Å². The molecule has 0 aliphatic heterocycles. The first-order chi connectivity index (χ1) is 12.3.